The standard InChI is InChI=1S/C21H23N3O5/c1-28-18-11-17(12-19(13-18)29-2)23-20(25)22-16-5-3-14(4-6-16)15-7-9-24(10-8-15)21(26)27/h3-7,11-13H,8-10H2,1-2H3,(H,26,27)(H2,22,23,25). The molecule has 3 N–H and O–H groups in total. The molecule has 0 saturated carbocycles. The van der Waals surface area contributed by atoms with Crippen LogP contribution in [0, 0.1) is 0 Å². The van der Waals surface area contributed by atoms with Crippen LogP contribution in [0.25, 0.3) is 5.57 Å². The Balaban J connectivity index is 1.61. The predicted molar refractivity (Wildman–Crippen MR) is 111 cm³/mol. The van der Waals surface area contributed by atoms with Gasteiger partial charge in [0.1, 0.15) is 11.5 Å². The Bertz CT molecular complexity index is 902. The summed E-state index contributed by atoms with van der Waals surface area (Å²) in [5, 5.41) is 14.5. The molecule has 8 nitrogen and oxygen atoms in total. The van der Waals surface area contributed by atoms with Crippen LogP contribution in [-0.2, 0) is 0 Å². The third-order valence-electron chi connectivity index (χ3n) is 4.60. The van der Waals surface area contributed by atoms with Crippen LogP contribution in [0.1, 0.15) is 12.0 Å². The average Bonchev–Trinajstić information content (AvgIpc) is 2.74. The van der Waals surface area contributed by atoms with Gasteiger partial charge in [0.25, 0.3) is 0 Å². The molecule has 0 saturated heterocycles. The van der Waals surface area contributed by atoms with Crippen LogP contribution in [0.3, 0.4) is 0 Å². The summed E-state index contributed by atoms with van der Waals surface area (Å²) < 4.78 is 10.4. The molecule has 1 aliphatic heterocycles. The molecule has 0 spiro atoms. The van der Waals surface area contributed by atoms with E-state index in [1.807, 2.05) is 30.3 Å². The largest absolute Gasteiger partial charge is 0.497 e. The van der Waals surface area contributed by atoms with Gasteiger partial charge in [-0.3, -0.25) is 0 Å². The first-order valence-electron chi connectivity index (χ1n) is 9.07. The lowest BCUT2D eigenvalue weighted by molar-refractivity contribution is 0.150. The smallest absolute Gasteiger partial charge is 0.407 e. The highest BCUT2D eigenvalue weighted by molar-refractivity contribution is 6.00. The molecule has 0 atom stereocenters. The van der Waals surface area contributed by atoms with E-state index in [0.29, 0.717) is 42.4 Å². The number of hydrogen-bond donors (Lipinski definition) is 3. The van der Waals surface area contributed by atoms with Gasteiger partial charge in [0.05, 0.1) is 14.2 Å². The number of ether oxygens (including phenoxy) is 2. The summed E-state index contributed by atoms with van der Waals surface area (Å²) in [4.78, 5) is 24.6. The maximum Gasteiger partial charge on any atom is 0.407 e. The summed E-state index contributed by atoms with van der Waals surface area (Å²) in [6, 6.07) is 12.2. The zero-order valence-corrected chi connectivity index (χ0v) is 16.3. The van der Waals surface area contributed by atoms with Gasteiger partial charge >= 0.3 is 12.1 Å². The maximum atomic E-state index is 12.3. The molecule has 3 rings (SSSR count). The first-order chi connectivity index (χ1) is 14.0. The van der Waals surface area contributed by atoms with Crippen molar-refractivity contribution >= 4 is 29.1 Å². The van der Waals surface area contributed by atoms with E-state index in [4.69, 9.17) is 14.6 Å². The molecule has 1 aliphatic rings. The van der Waals surface area contributed by atoms with Gasteiger partial charge in [-0.15, -0.1) is 0 Å². The number of nitrogens with one attached hydrogen (secondary N) is 2. The van der Waals surface area contributed by atoms with Gasteiger partial charge in [0.2, 0.25) is 0 Å². The molecule has 152 valence electrons. The summed E-state index contributed by atoms with van der Waals surface area (Å²) in [6.45, 7) is 0.866. The van der Waals surface area contributed by atoms with E-state index in [9.17, 15) is 9.59 Å². The minimum Gasteiger partial charge on any atom is -0.497 e. The first kappa shape index (κ1) is 20.1. The van der Waals surface area contributed by atoms with E-state index >= 15 is 0 Å². The van der Waals surface area contributed by atoms with Crippen LogP contribution in [0.15, 0.2) is 48.5 Å². The molecule has 2 aromatic carbocycles. The van der Waals surface area contributed by atoms with Crippen LogP contribution in [0.4, 0.5) is 21.0 Å². The van der Waals surface area contributed by atoms with E-state index in [-0.39, 0.29) is 6.03 Å². The van der Waals surface area contributed by atoms with Crippen molar-refractivity contribution in [2.75, 3.05) is 37.9 Å². The lowest BCUT2D eigenvalue weighted by atomic mass is 9.99. The second kappa shape index (κ2) is 9.01. The number of carboxylic acid groups (broad SMARTS) is 1. The third kappa shape index (κ3) is 5.19. The summed E-state index contributed by atoms with van der Waals surface area (Å²) in [5.74, 6) is 1.15. The van der Waals surface area contributed by atoms with Crippen LogP contribution in [0.2, 0.25) is 0 Å². The van der Waals surface area contributed by atoms with Gasteiger partial charge in [-0.25, -0.2) is 9.59 Å². The highest BCUT2D eigenvalue weighted by Crippen LogP contribution is 2.26. The Hall–Kier alpha value is -3.68. The number of anilines is 2. The van der Waals surface area contributed by atoms with Crippen LogP contribution in [0.5, 0.6) is 11.5 Å². The zero-order chi connectivity index (χ0) is 20.8. The third-order valence-corrected chi connectivity index (χ3v) is 4.60. The average molecular weight is 397 g/mol. The van der Waals surface area contributed by atoms with E-state index in [1.165, 1.54) is 4.90 Å². The van der Waals surface area contributed by atoms with Crippen LogP contribution in [-0.4, -0.2) is 49.4 Å². The van der Waals surface area contributed by atoms with Gasteiger partial charge in [0, 0.05) is 42.7 Å². The normalized spacial score (nSPS) is 13.3. The Morgan fingerprint density at radius 2 is 1.59 bits per heavy atom. The molecule has 0 aliphatic carbocycles. The van der Waals surface area contributed by atoms with Crippen molar-refractivity contribution in [2.24, 2.45) is 0 Å². The molecule has 2 aromatic rings. The highest BCUT2D eigenvalue weighted by Gasteiger charge is 2.16. The zero-order valence-electron chi connectivity index (χ0n) is 16.3. The molecule has 0 fully saturated rings. The fourth-order valence-corrected chi connectivity index (χ4v) is 3.05. The van der Waals surface area contributed by atoms with Crippen molar-refractivity contribution in [3.05, 3.63) is 54.1 Å². The van der Waals surface area contributed by atoms with E-state index in [2.05, 4.69) is 10.6 Å². The Morgan fingerprint density at radius 1 is 0.966 bits per heavy atom. The van der Waals surface area contributed by atoms with Crippen molar-refractivity contribution in [3.63, 3.8) is 0 Å². The number of nitrogens with zero attached hydrogens (tertiary/aromatic N) is 1. The lowest BCUT2D eigenvalue weighted by Gasteiger charge is -2.23. The number of amides is 3. The number of carbonyl (C=O) groups excluding carboxylic acids is 1. The van der Waals surface area contributed by atoms with Gasteiger partial charge < -0.3 is 30.1 Å². The Kier molecular flexibility index (Phi) is 6.23. The van der Waals surface area contributed by atoms with Crippen LogP contribution >= 0.6 is 0 Å². The summed E-state index contributed by atoms with van der Waals surface area (Å²) in [6.07, 6.45) is 1.68. The minimum atomic E-state index is -0.903. The van der Waals surface area contributed by atoms with E-state index < -0.39 is 6.09 Å². The monoisotopic (exact) mass is 397 g/mol. The molecule has 0 aromatic heterocycles. The summed E-state index contributed by atoms with van der Waals surface area (Å²) >= 11 is 0. The molecule has 29 heavy (non-hydrogen) atoms. The maximum absolute atomic E-state index is 12.3. The van der Waals surface area contributed by atoms with E-state index in [0.717, 1.165) is 11.1 Å². The topological polar surface area (TPSA) is 100 Å². The number of benzene rings is 2. The number of urea groups is 1. The first-order valence-corrected chi connectivity index (χ1v) is 9.07. The molecule has 0 unspecified atom stereocenters. The second-order valence-corrected chi connectivity index (χ2v) is 6.47. The second-order valence-electron chi connectivity index (χ2n) is 6.47. The van der Waals surface area contributed by atoms with Crippen molar-refractivity contribution < 1.29 is 24.2 Å². The predicted octanol–water partition coefficient (Wildman–Crippen LogP) is 4.11. The molecule has 1 heterocycles. The van der Waals surface area contributed by atoms with Gasteiger partial charge in [0.15, 0.2) is 0 Å². The molecular formula is C21H23N3O5. The molecule has 0 radical (unpaired) electrons. The fraction of sp³-hybridized carbons (Fsp3) is 0.238. The van der Waals surface area contributed by atoms with E-state index in [1.54, 1.807) is 32.4 Å². The molecular weight excluding hydrogens is 374 g/mol. The quantitative estimate of drug-likeness (QED) is 0.705. The Morgan fingerprint density at radius 3 is 2.10 bits per heavy atom. The van der Waals surface area contributed by atoms with Crippen molar-refractivity contribution in [1.29, 1.82) is 0 Å². The summed E-state index contributed by atoms with van der Waals surface area (Å²) in [7, 11) is 3.09. The number of carbonyl (C=O) groups is 2. The minimum absolute atomic E-state index is 0.386. The van der Waals surface area contributed by atoms with Crippen molar-refractivity contribution in [2.45, 2.75) is 6.42 Å². The number of hydrogen-bond acceptors (Lipinski definition) is 4. The van der Waals surface area contributed by atoms with Gasteiger partial charge in [-0.1, -0.05) is 18.2 Å². The summed E-state index contributed by atoms with van der Waals surface area (Å²) in [5.41, 5.74) is 3.30. The SMILES string of the molecule is COc1cc(NC(=O)Nc2ccc(C3=CCN(C(=O)O)CC3)cc2)cc(OC)c1. The van der Waals surface area contributed by atoms with Gasteiger partial charge in [-0.05, 0) is 29.7 Å². The van der Waals surface area contributed by atoms with Crippen molar-refractivity contribution in [1.82, 2.24) is 4.90 Å². The van der Waals surface area contributed by atoms with Crippen molar-refractivity contribution in [3.8, 4) is 11.5 Å². The molecule has 0 bridgehead atoms. The molecule has 8 heteroatoms. The lowest BCUT2D eigenvalue weighted by Crippen LogP contribution is -2.33. The van der Waals surface area contributed by atoms with Gasteiger partial charge in [-0.2, -0.15) is 0 Å². The highest BCUT2D eigenvalue weighted by atomic mass is 16.5. The fourth-order valence-electron chi connectivity index (χ4n) is 3.05. The van der Waals surface area contributed by atoms with Crippen LogP contribution < -0.4 is 20.1 Å². The number of rotatable bonds is 5. The number of methoxy groups -OCH3 is 2. The molecule has 3 amide bonds. The Labute approximate surface area is 168 Å².